The molecule has 3 aromatic rings. The summed E-state index contributed by atoms with van der Waals surface area (Å²) in [5.74, 6) is 0.715. The molecule has 7 heteroatoms. The molecule has 0 saturated carbocycles. The zero-order chi connectivity index (χ0) is 22.5. The van der Waals surface area contributed by atoms with Gasteiger partial charge in [0.1, 0.15) is 0 Å². The second-order valence-corrected chi connectivity index (χ2v) is 8.05. The number of methoxy groups -OCH3 is 1. The standard InChI is InChI=1S/C24H26BrN3O3/c1-15-10-11-16(2)20(12-15)28-17(3)19(24(25)18(28)4)13-26-27-23(29)14-31-22-9-7-6-8-21(22)30-5/h6-13H,14H2,1-5H3,(H,27,29)/b26-13-. The molecule has 1 heterocycles. The lowest BCUT2D eigenvalue weighted by Crippen LogP contribution is -2.24. The maximum Gasteiger partial charge on any atom is 0.277 e. The molecule has 0 aliphatic heterocycles. The number of aromatic nitrogens is 1. The molecule has 1 N–H and O–H groups in total. The molecular formula is C24H26BrN3O3. The number of aryl methyl sites for hydroxylation is 2. The van der Waals surface area contributed by atoms with E-state index in [0.717, 1.165) is 27.1 Å². The number of benzene rings is 2. The summed E-state index contributed by atoms with van der Waals surface area (Å²) in [5.41, 5.74) is 9.03. The maximum absolute atomic E-state index is 12.1. The first-order valence-corrected chi connectivity index (χ1v) is 10.7. The highest BCUT2D eigenvalue weighted by Gasteiger charge is 2.17. The van der Waals surface area contributed by atoms with Crippen molar-refractivity contribution in [3.63, 3.8) is 0 Å². The number of carbonyl (C=O) groups is 1. The van der Waals surface area contributed by atoms with Crippen LogP contribution < -0.4 is 14.9 Å². The van der Waals surface area contributed by atoms with Gasteiger partial charge in [0.15, 0.2) is 18.1 Å². The maximum atomic E-state index is 12.1. The second kappa shape index (κ2) is 9.83. The van der Waals surface area contributed by atoms with E-state index in [1.807, 2.05) is 19.1 Å². The summed E-state index contributed by atoms with van der Waals surface area (Å²) >= 11 is 3.67. The van der Waals surface area contributed by atoms with Crippen molar-refractivity contribution in [3.8, 4) is 17.2 Å². The summed E-state index contributed by atoms with van der Waals surface area (Å²) < 4.78 is 13.9. The molecule has 1 amide bonds. The molecule has 0 atom stereocenters. The van der Waals surface area contributed by atoms with Crippen LogP contribution in [0.2, 0.25) is 0 Å². The zero-order valence-corrected chi connectivity index (χ0v) is 19.9. The van der Waals surface area contributed by atoms with Crippen LogP contribution in [-0.2, 0) is 4.79 Å². The van der Waals surface area contributed by atoms with Crippen LogP contribution in [0, 0.1) is 27.7 Å². The molecule has 0 unspecified atom stereocenters. The number of hydrazone groups is 1. The minimum absolute atomic E-state index is 0.166. The first kappa shape index (κ1) is 22.6. The van der Waals surface area contributed by atoms with Crippen LogP contribution in [0.3, 0.4) is 0 Å². The number of amides is 1. The van der Waals surface area contributed by atoms with Crippen LogP contribution in [0.25, 0.3) is 5.69 Å². The predicted molar refractivity (Wildman–Crippen MR) is 127 cm³/mol. The number of para-hydroxylation sites is 2. The van der Waals surface area contributed by atoms with Gasteiger partial charge in [0.25, 0.3) is 5.91 Å². The van der Waals surface area contributed by atoms with Crippen molar-refractivity contribution >= 4 is 28.1 Å². The molecule has 0 aliphatic carbocycles. The fourth-order valence-corrected chi connectivity index (χ4v) is 3.94. The summed E-state index contributed by atoms with van der Waals surface area (Å²) in [7, 11) is 1.55. The molecule has 0 saturated heterocycles. The number of rotatable bonds is 7. The predicted octanol–water partition coefficient (Wildman–Crippen LogP) is 5.01. The first-order valence-electron chi connectivity index (χ1n) is 9.86. The molecule has 0 aliphatic rings. The summed E-state index contributed by atoms with van der Waals surface area (Å²) in [5, 5.41) is 4.13. The van der Waals surface area contributed by atoms with Gasteiger partial charge in [-0.3, -0.25) is 4.79 Å². The number of nitrogens with one attached hydrogen (secondary N) is 1. The molecular weight excluding hydrogens is 458 g/mol. The lowest BCUT2D eigenvalue weighted by Gasteiger charge is -2.13. The van der Waals surface area contributed by atoms with Crippen molar-refractivity contribution in [1.82, 2.24) is 9.99 Å². The van der Waals surface area contributed by atoms with E-state index >= 15 is 0 Å². The van der Waals surface area contributed by atoms with Gasteiger partial charge in [-0.05, 0) is 73.0 Å². The summed E-state index contributed by atoms with van der Waals surface area (Å²) in [6, 6.07) is 13.6. The number of halogens is 1. The summed E-state index contributed by atoms with van der Waals surface area (Å²) in [6.45, 7) is 8.10. The van der Waals surface area contributed by atoms with Crippen molar-refractivity contribution < 1.29 is 14.3 Å². The molecule has 3 rings (SSSR count). The average molecular weight is 484 g/mol. The van der Waals surface area contributed by atoms with Crippen LogP contribution in [0.15, 0.2) is 52.0 Å². The Labute approximate surface area is 191 Å². The van der Waals surface area contributed by atoms with Gasteiger partial charge in [-0.15, -0.1) is 0 Å². The Balaban J connectivity index is 1.73. The van der Waals surface area contributed by atoms with Crippen LogP contribution in [0.1, 0.15) is 28.1 Å². The lowest BCUT2D eigenvalue weighted by molar-refractivity contribution is -0.123. The van der Waals surface area contributed by atoms with Gasteiger partial charge < -0.3 is 14.0 Å². The second-order valence-electron chi connectivity index (χ2n) is 7.26. The van der Waals surface area contributed by atoms with E-state index in [1.54, 1.807) is 25.5 Å². The fraction of sp³-hybridized carbons (Fsp3) is 0.250. The Kier molecular flexibility index (Phi) is 7.17. The third-order valence-corrected chi connectivity index (χ3v) is 6.03. The lowest BCUT2D eigenvalue weighted by atomic mass is 10.1. The number of nitrogens with zero attached hydrogens (tertiary/aromatic N) is 2. The van der Waals surface area contributed by atoms with Crippen LogP contribution in [0.4, 0.5) is 0 Å². The molecule has 6 nitrogen and oxygen atoms in total. The molecule has 0 spiro atoms. The summed E-state index contributed by atoms with van der Waals surface area (Å²) in [6.07, 6.45) is 1.65. The van der Waals surface area contributed by atoms with Gasteiger partial charge in [-0.1, -0.05) is 24.3 Å². The van der Waals surface area contributed by atoms with Crippen molar-refractivity contribution in [2.75, 3.05) is 13.7 Å². The topological polar surface area (TPSA) is 64.8 Å². The fourth-order valence-electron chi connectivity index (χ4n) is 3.38. The van der Waals surface area contributed by atoms with E-state index in [1.165, 1.54) is 11.1 Å². The molecule has 1 aromatic heterocycles. The van der Waals surface area contributed by atoms with E-state index < -0.39 is 0 Å². The number of hydrogen-bond acceptors (Lipinski definition) is 4. The quantitative estimate of drug-likeness (QED) is 0.379. The van der Waals surface area contributed by atoms with E-state index in [-0.39, 0.29) is 12.5 Å². The minimum atomic E-state index is -0.360. The number of carbonyl (C=O) groups excluding carboxylic acids is 1. The van der Waals surface area contributed by atoms with Crippen LogP contribution >= 0.6 is 15.9 Å². The van der Waals surface area contributed by atoms with Gasteiger partial charge in [-0.25, -0.2) is 5.43 Å². The highest BCUT2D eigenvalue weighted by molar-refractivity contribution is 9.10. The van der Waals surface area contributed by atoms with Crippen molar-refractivity contribution in [2.24, 2.45) is 5.10 Å². The smallest absolute Gasteiger partial charge is 0.277 e. The minimum Gasteiger partial charge on any atom is -0.493 e. The highest BCUT2D eigenvalue weighted by Crippen LogP contribution is 2.31. The van der Waals surface area contributed by atoms with Crippen molar-refractivity contribution in [1.29, 1.82) is 0 Å². The van der Waals surface area contributed by atoms with Crippen LogP contribution in [0.5, 0.6) is 11.5 Å². The van der Waals surface area contributed by atoms with Gasteiger partial charge in [0.2, 0.25) is 0 Å². The Morgan fingerprint density at radius 3 is 2.52 bits per heavy atom. The normalized spacial score (nSPS) is 11.0. The van der Waals surface area contributed by atoms with E-state index in [9.17, 15) is 4.79 Å². The number of ether oxygens (including phenoxy) is 2. The Bertz CT molecular complexity index is 1140. The Hall–Kier alpha value is -3.06. The molecule has 0 fully saturated rings. The number of hydrogen-bond donors (Lipinski definition) is 1. The third kappa shape index (κ3) is 4.99. The average Bonchev–Trinajstić information content (AvgIpc) is 2.97. The third-order valence-electron chi connectivity index (χ3n) is 5.03. The van der Waals surface area contributed by atoms with Crippen LogP contribution in [-0.4, -0.2) is 30.4 Å². The highest BCUT2D eigenvalue weighted by atomic mass is 79.9. The van der Waals surface area contributed by atoms with Crippen molar-refractivity contribution in [3.05, 3.63) is 75.0 Å². The molecule has 2 aromatic carbocycles. The molecule has 31 heavy (non-hydrogen) atoms. The van der Waals surface area contributed by atoms with E-state index in [2.05, 4.69) is 70.0 Å². The van der Waals surface area contributed by atoms with Gasteiger partial charge >= 0.3 is 0 Å². The van der Waals surface area contributed by atoms with Gasteiger partial charge in [-0.2, -0.15) is 5.10 Å². The largest absolute Gasteiger partial charge is 0.493 e. The van der Waals surface area contributed by atoms with E-state index in [4.69, 9.17) is 9.47 Å². The van der Waals surface area contributed by atoms with Crippen molar-refractivity contribution in [2.45, 2.75) is 27.7 Å². The van der Waals surface area contributed by atoms with Gasteiger partial charge in [0, 0.05) is 27.1 Å². The van der Waals surface area contributed by atoms with Gasteiger partial charge in [0.05, 0.1) is 13.3 Å². The SMILES string of the molecule is COc1ccccc1OCC(=O)N/N=C\c1c(Br)c(C)n(-c2cc(C)ccc2C)c1C. The Morgan fingerprint density at radius 1 is 1.10 bits per heavy atom. The monoisotopic (exact) mass is 483 g/mol. The van der Waals surface area contributed by atoms with E-state index in [0.29, 0.717) is 11.5 Å². The Morgan fingerprint density at radius 2 is 1.81 bits per heavy atom. The molecule has 0 bridgehead atoms. The first-order chi connectivity index (χ1) is 14.8. The molecule has 162 valence electrons. The zero-order valence-electron chi connectivity index (χ0n) is 18.3. The molecule has 0 radical (unpaired) electrons. The summed E-state index contributed by atoms with van der Waals surface area (Å²) in [4.78, 5) is 12.1.